The van der Waals surface area contributed by atoms with Crippen molar-refractivity contribution in [3.05, 3.63) is 59.8 Å². The number of halogens is 1. The largest absolute Gasteiger partial charge is 0.475 e. The van der Waals surface area contributed by atoms with Crippen LogP contribution in [0.15, 0.2) is 53.7 Å². The van der Waals surface area contributed by atoms with Crippen molar-refractivity contribution < 1.29 is 9.47 Å². The summed E-state index contributed by atoms with van der Waals surface area (Å²) in [6.07, 6.45) is 1.94. The minimum atomic E-state index is 0. The van der Waals surface area contributed by atoms with Crippen LogP contribution >= 0.6 is 24.0 Å². The van der Waals surface area contributed by atoms with Crippen molar-refractivity contribution in [1.82, 2.24) is 15.6 Å². The van der Waals surface area contributed by atoms with Gasteiger partial charge >= 0.3 is 0 Å². The molecule has 0 amide bonds. The highest BCUT2D eigenvalue weighted by Gasteiger charge is 2.05. The molecule has 1 heterocycles. The smallest absolute Gasteiger partial charge is 0.213 e. The Morgan fingerprint density at radius 2 is 1.79 bits per heavy atom. The number of ether oxygens (including phenoxy) is 2. The van der Waals surface area contributed by atoms with Crippen LogP contribution in [0.5, 0.6) is 5.88 Å². The molecule has 1 aromatic heterocycles. The third-order valence-corrected chi connectivity index (χ3v) is 3.97. The number of hydrogen-bond acceptors (Lipinski definition) is 4. The quantitative estimate of drug-likeness (QED) is 0.286. The van der Waals surface area contributed by atoms with Gasteiger partial charge in [-0.3, -0.25) is 4.99 Å². The number of nitrogens with one attached hydrogen (secondary N) is 2. The summed E-state index contributed by atoms with van der Waals surface area (Å²) < 4.78 is 11.4. The van der Waals surface area contributed by atoms with E-state index in [9.17, 15) is 0 Å². The lowest BCUT2D eigenvalue weighted by Gasteiger charge is -2.16. The van der Waals surface area contributed by atoms with Crippen molar-refractivity contribution in [2.45, 2.75) is 40.0 Å². The summed E-state index contributed by atoms with van der Waals surface area (Å²) in [6.45, 7) is 8.90. The Hall–Kier alpha value is -1.87. The van der Waals surface area contributed by atoms with Crippen LogP contribution in [0.4, 0.5) is 0 Å². The first-order valence-electron chi connectivity index (χ1n) is 9.74. The van der Waals surface area contributed by atoms with Gasteiger partial charge in [0.15, 0.2) is 5.96 Å². The Labute approximate surface area is 191 Å². The van der Waals surface area contributed by atoms with Gasteiger partial charge in [-0.1, -0.05) is 43.3 Å². The van der Waals surface area contributed by atoms with E-state index in [0.717, 1.165) is 18.1 Å². The lowest BCUT2D eigenvalue weighted by molar-refractivity contribution is 0.0931. The maximum atomic E-state index is 5.79. The van der Waals surface area contributed by atoms with Gasteiger partial charge in [0.1, 0.15) is 0 Å². The zero-order valence-corrected chi connectivity index (χ0v) is 20.1. The monoisotopic (exact) mass is 512 g/mol. The molecular weight excluding hydrogens is 479 g/mol. The summed E-state index contributed by atoms with van der Waals surface area (Å²) in [4.78, 5) is 8.58. The second-order valence-corrected chi connectivity index (χ2v) is 7.08. The topological polar surface area (TPSA) is 67.8 Å². The fourth-order valence-electron chi connectivity index (χ4n) is 2.52. The summed E-state index contributed by atoms with van der Waals surface area (Å²) in [5.41, 5.74) is 2.26. The first kappa shape index (κ1) is 25.2. The number of rotatable bonds is 10. The molecule has 7 heteroatoms. The molecular formula is C22H33IN4O2. The molecule has 1 unspecified atom stereocenters. The Kier molecular flexibility index (Phi) is 12.3. The minimum Gasteiger partial charge on any atom is -0.475 e. The molecule has 0 aliphatic rings. The zero-order valence-electron chi connectivity index (χ0n) is 17.7. The maximum absolute atomic E-state index is 5.79. The fourth-order valence-corrected chi connectivity index (χ4v) is 2.52. The number of benzene rings is 1. The van der Waals surface area contributed by atoms with E-state index in [1.54, 1.807) is 7.05 Å². The van der Waals surface area contributed by atoms with Crippen LogP contribution < -0.4 is 15.4 Å². The van der Waals surface area contributed by atoms with Gasteiger partial charge in [0.2, 0.25) is 5.88 Å². The van der Waals surface area contributed by atoms with Gasteiger partial charge in [0, 0.05) is 32.4 Å². The van der Waals surface area contributed by atoms with Crippen LogP contribution in [-0.2, 0) is 17.9 Å². The normalized spacial score (nSPS) is 12.2. The Morgan fingerprint density at radius 3 is 2.41 bits per heavy atom. The number of aromatic nitrogens is 1. The van der Waals surface area contributed by atoms with Crippen LogP contribution in [0.3, 0.4) is 0 Å². The molecule has 0 spiro atoms. The Bertz CT molecular complexity index is 709. The first-order valence-corrected chi connectivity index (χ1v) is 9.74. The molecule has 6 nitrogen and oxygen atoms in total. The van der Waals surface area contributed by atoms with Gasteiger partial charge in [-0.05, 0) is 30.9 Å². The molecule has 0 saturated carbocycles. The van der Waals surface area contributed by atoms with E-state index < -0.39 is 0 Å². The molecule has 0 bridgehead atoms. The van der Waals surface area contributed by atoms with Crippen LogP contribution in [0.25, 0.3) is 0 Å². The van der Waals surface area contributed by atoms with Crippen molar-refractivity contribution in [2.75, 3.05) is 20.2 Å². The molecule has 29 heavy (non-hydrogen) atoms. The van der Waals surface area contributed by atoms with E-state index in [1.165, 1.54) is 5.56 Å². The summed E-state index contributed by atoms with van der Waals surface area (Å²) in [5, 5.41) is 6.64. The highest BCUT2D eigenvalue weighted by Crippen LogP contribution is 2.09. The number of hydrogen-bond donors (Lipinski definition) is 2. The van der Waals surface area contributed by atoms with E-state index in [0.29, 0.717) is 31.6 Å². The number of aliphatic imine (C=N–C) groups is 1. The lowest BCUT2D eigenvalue weighted by Crippen LogP contribution is -2.39. The van der Waals surface area contributed by atoms with E-state index in [2.05, 4.69) is 39.7 Å². The molecule has 160 valence electrons. The molecule has 0 fully saturated rings. The fraction of sp³-hybridized carbons (Fsp3) is 0.455. The van der Waals surface area contributed by atoms with Crippen LogP contribution in [-0.4, -0.2) is 37.2 Å². The van der Waals surface area contributed by atoms with Gasteiger partial charge in [-0.15, -0.1) is 24.0 Å². The summed E-state index contributed by atoms with van der Waals surface area (Å²) in [5.74, 6) is 1.78. The van der Waals surface area contributed by atoms with E-state index in [1.807, 2.05) is 50.4 Å². The average molecular weight is 512 g/mol. The number of pyridine rings is 1. The van der Waals surface area contributed by atoms with Crippen LogP contribution in [0.1, 0.15) is 31.9 Å². The molecule has 0 radical (unpaired) electrons. The summed E-state index contributed by atoms with van der Waals surface area (Å²) in [6, 6.07) is 14.1. The molecule has 1 aromatic carbocycles. The molecule has 0 aliphatic heterocycles. The maximum Gasteiger partial charge on any atom is 0.213 e. The molecule has 1 atom stereocenters. The molecule has 2 aromatic rings. The van der Waals surface area contributed by atoms with Gasteiger partial charge in [0.05, 0.1) is 19.3 Å². The zero-order chi connectivity index (χ0) is 20.2. The van der Waals surface area contributed by atoms with Gasteiger partial charge in [-0.25, -0.2) is 4.98 Å². The summed E-state index contributed by atoms with van der Waals surface area (Å²) >= 11 is 0. The SMILES string of the molecule is CN=C(NCc1ccc(OC(C)C)nc1)NCC(C)COCc1ccccc1.I. The highest BCUT2D eigenvalue weighted by atomic mass is 127. The third kappa shape index (κ3) is 10.5. The van der Waals surface area contributed by atoms with Crippen molar-refractivity contribution in [3.8, 4) is 5.88 Å². The Morgan fingerprint density at radius 1 is 1.03 bits per heavy atom. The van der Waals surface area contributed by atoms with Crippen molar-refractivity contribution in [3.63, 3.8) is 0 Å². The Balaban J connectivity index is 0.00000420. The number of nitrogens with zero attached hydrogens (tertiary/aromatic N) is 2. The second-order valence-electron chi connectivity index (χ2n) is 7.08. The number of guanidine groups is 1. The molecule has 0 saturated heterocycles. The van der Waals surface area contributed by atoms with Crippen molar-refractivity contribution in [2.24, 2.45) is 10.9 Å². The third-order valence-electron chi connectivity index (χ3n) is 3.97. The standard InChI is InChI=1S/C22H32N4O2.HI/c1-17(2)28-21-11-10-20(13-24-21)14-26-22(23-4)25-12-18(3)15-27-16-19-8-6-5-7-9-19;/h5-11,13,17-18H,12,14-16H2,1-4H3,(H2,23,25,26);1H. The summed E-state index contributed by atoms with van der Waals surface area (Å²) in [7, 11) is 1.77. The predicted octanol–water partition coefficient (Wildman–Crippen LogP) is 4.00. The molecule has 2 N–H and O–H groups in total. The minimum absolute atomic E-state index is 0. The van der Waals surface area contributed by atoms with E-state index >= 15 is 0 Å². The van der Waals surface area contributed by atoms with Crippen LogP contribution in [0.2, 0.25) is 0 Å². The lowest BCUT2D eigenvalue weighted by atomic mass is 10.2. The molecule has 0 aliphatic carbocycles. The van der Waals surface area contributed by atoms with Gasteiger partial charge in [-0.2, -0.15) is 0 Å². The average Bonchev–Trinajstić information content (AvgIpc) is 2.69. The van der Waals surface area contributed by atoms with Gasteiger partial charge in [0.25, 0.3) is 0 Å². The van der Waals surface area contributed by atoms with E-state index in [4.69, 9.17) is 9.47 Å². The van der Waals surface area contributed by atoms with Crippen LogP contribution in [0, 0.1) is 5.92 Å². The molecule has 2 rings (SSSR count). The van der Waals surface area contributed by atoms with Crippen molar-refractivity contribution >= 4 is 29.9 Å². The van der Waals surface area contributed by atoms with E-state index in [-0.39, 0.29) is 30.1 Å². The highest BCUT2D eigenvalue weighted by molar-refractivity contribution is 14.0. The first-order chi connectivity index (χ1) is 13.6. The second kappa shape index (κ2) is 14.2. The van der Waals surface area contributed by atoms with Crippen molar-refractivity contribution in [1.29, 1.82) is 0 Å². The predicted molar refractivity (Wildman–Crippen MR) is 129 cm³/mol. The van der Waals surface area contributed by atoms with Gasteiger partial charge < -0.3 is 20.1 Å².